The van der Waals surface area contributed by atoms with Gasteiger partial charge in [-0.25, -0.2) is 0 Å². The molecule has 0 atom stereocenters. The zero-order chi connectivity index (χ0) is 8.18. The molecule has 1 aromatic rings. The van der Waals surface area contributed by atoms with Crippen molar-refractivity contribution >= 4 is 5.91 Å². The third-order valence-corrected chi connectivity index (χ3v) is 2.73. The molecule has 1 saturated carbocycles. The average molecular weight is 158 g/mol. The van der Waals surface area contributed by atoms with E-state index >= 15 is 0 Å². The summed E-state index contributed by atoms with van der Waals surface area (Å²) >= 11 is 0. The van der Waals surface area contributed by atoms with Crippen LogP contribution in [0.2, 0.25) is 0 Å². The Morgan fingerprint density at radius 3 is 3.08 bits per heavy atom. The number of benzene rings is 1. The van der Waals surface area contributed by atoms with Crippen LogP contribution in [-0.4, -0.2) is 5.91 Å². The molecule has 59 valence electrons. The molecule has 1 fully saturated rings. The Bertz CT molecular complexity index is 366. The maximum Gasteiger partial charge on any atom is 0.252 e. The molecular formula is C10H8NO. The molecule has 1 heterocycles. The molecule has 0 unspecified atom stereocenters. The summed E-state index contributed by atoms with van der Waals surface area (Å²) in [6.07, 6.45) is 2.19. The van der Waals surface area contributed by atoms with Crippen molar-refractivity contribution in [2.24, 2.45) is 0 Å². The van der Waals surface area contributed by atoms with Crippen molar-refractivity contribution < 1.29 is 4.79 Å². The Hall–Kier alpha value is -1.31. The average Bonchev–Trinajstić information content (AvgIpc) is 2.79. The van der Waals surface area contributed by atoms with E-state index in [9.17, 15) is 4.79 Å². The van der Waals surface area contributed by atoms with E-state index < -0.39 is 0 Å². The van der Waals surface area contributed by atoms with Gasteiger partial charge in [-0.3, -0.25) is 4.79 Å². The van der Waals surface area contributed by atoms with E-state index in [1.165, 1.54) is 5.56 Å². The highest BCUT2D eigenvalue weighted by molar-refractivity contribution is 6.00. The van der Waals surface area contributed by atoms with E-state index in [4.69, 9.17) is 0 Å². The van der Waals surface area contributed by atoms with Gasteiger partial charge in [-0.05, 0) is 30.5 Å². The number of fused-ring (bicyclic) bond motifs is 2. The van der Waals surface area contributed by atoms with Gasteiger partial charge in [0.25, 0.3) is 5.91 Å². The molecule has 2 nitrogen and oxygen atoms in total. The van der Waals surface area contributed by atoms with Crippen LogP contribution in [-0.2, 0) is 5.54 Å². The van der Waals surface area contributed by atoms with Crippen LogP contribution in [0.1, 0.15) is 28.8 Å². The smallest absolute Gasteiger partial charge is 0.252 e. The van der Waals surface area contributed by atoms with Gasteiger partial charge in [0.05, 0.1) is 5.54 Å². The van der Waals surface area contributed by atoms with Gasteiger partial charge in [-0.2, -0.15) is 0 Å². The van der Waals surface area contributed by atoms with Crippen LogP contribution in [0.3, 0.4) is 0 Å². The quantitative estimate of drug-likeness (QED) is 0.604. The van der Waals surface area contributed by atoms with Gasteiger partial charge in [0.15, 0.2) is 0 Å². The van der Waals surface area contributed by atoms with Crippen molar-refractivity contribution in [2.45, 2.75) is 18.4 Å². The van der Waals surface area contributed by atoms with Crippen LogP contribution in [0.15, 0.2) is 18.2 Å². The molecule has 1 aromatic carbocycles. The first kappa shape index (κ1) is 6.23. The first-order valence-corrected chi connectivity index (χ1v) is 4.15. The fourth-order valence-electron chi connectivity index (χ4n) is 1.91. The van der Waals surface area contributed by atoms with Crippen LogP contribution < -0.4 is 5.32 Å². The second kappa shape index (κ2) is 1.71. The highest BCUT2D eigenvalue weighted by Gasteiger charge is 2.51. The third kappa shape index (κ3) is 0.583. The van der Waals surface area contributed by atoms with Crippen molar-refractivity contribution in [1.82, 2.24) is 5.32 Å². The lowest BCUT2D eigenvalue weighted by Crippen LogP contribution is -2.25. The lowest BCUT2D eigenvalue weighted by Gasteiger charge is -2.05. The van der Waals surface area contributed by atoms with Crippen LogP contribution in [0.25, 0.3) is 0 Å². The summed E-state index contributed by atoms with van der Waals surface area (Å²) in [6, 6.07) is 8.58. The maximum absolute atomic E-state index is 11.4. The Morgan fingerprint density at radius 1 is 1.50 bits per heavy atom. The van der Waals surface area contributed by atoms with Gasteiger partial charge in [0.2, 0.25) is 0 Å². The number of rotatable bonds is 0. The molecular weight excluding hydrogens is 150 g/mol. The zero-order valence-corrected chi connectivity index (χ0v) is 6.55. The number of carbonyl (C=O) groups excluding carboxylic acids is 1. The molecule has 12 heavy (non-hydrogen) atoms. The summed E-state index contributed by atoms with van der Waals surface area (Å²) in [7, 11) is 0. The highest BCUT2D eigenvalue weighted by Crippen LogP contribution is 2.49. The van der Waals surface area contributed by atoms with Gasteiger partial charge in [-0.15, -0.1) is 0 Å². The maximum atomic E-state index is 11.4. The standard InChI is InChI=1S/C10H8NO/c12-9-7-3-1-2-4-8(7)10(11-9)5-6-10/h2-4H,5-6H2,(H,11,12). The highest BCUT2D eigenvalue weighted by atomic mass is 16.2. The summed E-state index contributed by atoms with van der Waals surface area (Å²) in [6.45, 7) is 0. The minimum atomic E-state index is 0.0293. The first-order chi connectivity index (χ1) is 5.82. The number of amides is 1. The zero-order valence-electron chi connectivity index (χ0n) is 6.55. The molecule has 2 heteroatoms. The van der Waals surface area contributed by atoms with Crippen molar-refractivity contribution in [3.63, 3.8) is 0 Å². The van der Waals surface area contributed by atoms with E-state index in [1.807, 2.05) is 12.1 Å². The molecule has 1 amide bonds. The van der Waals surface area contributed by atoms with Gasteiger partial charge >= 0.3 is 0 Å². The van der Waals surface area contributed by atoms with Crippen molar-refractivity contribution in [3.05, 3.63) is 35.4 Å². The normalized spacial score (nSPS) is 22.2. The predicted molar refractivity (Wildman–Crippen MR) is 43.7 cm³/mol. The number of hydrogen-bond donors (Lipinski definition) is 1. The fourth-order valence-corrected chi connectivity index (χ4v) is 1.91. The SMILES string of the molecule is O=C1NC2(CC2)c2cc[c]cc21. The van der Waals surface area contributed by atoms with E-state index in [1.54, 1.807) is 6.07 Å². The van der Waals surface area contributed by atoms with Crippen LogP contribution >= 0.6 is 0 Å². The van der Waals surface area contributed by atoms with E-state index in [2.05, 4.69) is 11.4 Å². The molecule has 0 bridgehead atoms. The number of hydrogen-bond acceptors (Lipinski definition) is 1. The Kier molecular flexibility index (Phi) is 0.888. The second-order valence-electron chi connectivity index (χ2n) is 3.51. The molecule has 0 aromatic heterocycles. The van der Waals surface area contributed by atoms with E-state index in [-0.39, 0.29) is 11.4 Å². The van der Waals surface area contributed by atoms with Gasteiger partial charge in [0.1, 0.15) is 0 Å². The molecule has 0 saturated heterocycles. The number of carbonyl (C=O) groups is 1. The van der Waals surface area contributed by atoms with E-state index in [0.29, 0.717) is 0 Å². The first-order valence-electron chi connectivity index (χ1n) is 4.15. The Labute approximate surface area is 70.6 Å². The minimum Gasteiger partial charge on any atom is -0.342 e. The van der Waals surface area contributed by atoms with Crippen LogP contribution in [0, 0.1) is 6.07 Å². The number of nitrogens with one attached hydrogen (secondary N) is 1. The fraction of sp³-hybridized carbons (Fsp3) is 0.300. The predicted octanol–water partition coefficient (Wildman–Crippen LogP) is 1.22. The molecule has 1 spiro atoms. The molecule has 1 aliphatic heterocycles. The second-order valence-corrected chi connectivity index (χ2v) is 3.51. The van der Waals surface area contributed by atoms with Crippen LogP contribution in [0.5, 0.6) is 0 Å². The molecule has 1 radical (unpaired) electrons. The summed E-state index contributed by atoms with van der Waals surface area (Å²) in [5.74, 6) is 0.0688. The van der Waals surface area contributed by atoms with Crippen molar-refractivity contribution in [2.75, 3.05) is 0 Å². The molecule has 1 N–H and O–H groups in total. The molecule has 2 aliphatic rings. The van der Waals surface area contributed by atoms with Crippen LogP contribution in [0.4, 0.5) is 0 Å². The van der Waals surface area contributed by atoms with E-state index in [0.717, 1.165) is 18.4 Å². The monoisotopic (exact) mass is 158 g/mol. The molecule has 1 aliphatic carbocycles. The Morgan fingerprint density at radius 2 is 2.33 bits per heavy atom. The topological polar surface area (TPSA) is 29.1 Å². The summed E-state index contributed by atoms with van der Waals surface area (Å²) in [5.41, 5.74) is 2.02. The minimum absolute atomic E-state index is 0.0293. The van der Waals surface area contributed by atoms with Crippen molar-refractivity contribution in [1.29, 1.82) is 0 Å². The summed E-state index contributed by atoms with van der Waals surface area (Å²) in [4.78, 5) is 11.4. The van der Waals surface area contributed by atoms with Gasteiger partial charge in [-0.1, -0.05) is 12.1 Å². The molecule has 3 rings (SSSR count). The summed E-state index contributed by atoms with van der Waals surface area (Å²) in [5, 5.41) is 3.01. The lowest BCUT2D eigenvalue weighted by molar-refractivity contribution is 0.0952. The van der Waals surface area contributed by atoms with Gasteiger partial charge in [0, 0.05) is 5.56 Å². The lowest BCUT2D eigenvalue weighted by atomic mass is 10.0. The van der Waals surface area contributed by atoms with Gasteiger partial charge < -0.3 is 5.32 Å². The van der Waals surface area contributed by atoms with Crippen molar-refractivity contribution in [3.8, 4) is 0 Å². The summed E-state index contributed by atoms with van der Waals surface area (Å²) < 4.78 is 0. The third-order valence-electron chi connectivity index (χ3n) is 2.73. The largest absolute Gasteiger partial charge is 0.342 e. The Balaban J connectivity index is 2.27.